The van der Waals surface area contributed by atoms with E-state index in [1.165, 1.54) is 0 Å². The van der Waals surface area contributed by atoms with Crippen LogP contribution in [0.4, 0.5) is 0 Å². The molecule has 0 unspecified atom stereocenters. The number of benzene rings is 1. The Bertz CT molecular complexity index is 801. The van der Waals surface area contributed by atoms with E-state index < -0.39 is 0 Å². The number of aryl methyl sites for hydroxylation is 2. The fraction of sp³-hybridized carbons (Fsp3) is 0.333. The number of H-pyrrole nitrogens is 1. The van der Waals surface area contributed by atoms with Crippen LogP contribution in [0.5, 0.6) is 5.75 Å². The molecule has 3 rings (SSSR count). The summed E-state index contributed by atoms with van der Waals surface area (Å²) in [4.78, 5) is 9.65. The van der Waals surface area contributed by atoms with E-state index in [1.54, 1.807) is 13.0 Å². The van der Waals surface area contributed by atoms with Crippen molar-refractivity contribution in [3.05, 3.63) is 29.2 Å². The van der Waals surface area contributed by atoms with E-state index in [0.29, 0.717) is 18.3 Å². The second kappa shape index (κ2) is 4.89. The van der Waals surface area contributed by atoms with Gasteiger partial charge in [-0.15, -0.1) is 0 Å². The molecule has 0 amide bonds. The normalized spacial score (nSPS) is 11.7. The van der Waals surface area contributed by atoms with Crippen molar-refractivity contribution in [1.82, 2.24) is 20.0 Å². The van der Waals surface area contributed by atoms with E-state index >= 15 is 0 Å². The van der Waals surface area contributed by atoms with E-state index in [-0.39, 0.29) is 5.75 Å². The number of nitrogens with one attached hydrogen (secondary N) is 1. The molecule has 3 aromatic rings. The number of aromatic hydroxyl groups is 1. The van der Waals surface area contributed by atoms with Gasteiger partial charge >= 0.3 is 0 Å². The Morgan fingerprint density at radius 2 is 2.05 bits per heavy atom. The number of phenols is 1. The van der Waals surface area contributed by atoms with Crippen LogP contribution in [0.2, 0.25) is 0 Å². The second-order valence-corrected chi connectivity index (χ2v) is 5.50. The van der Waals surface area contributed by atoms with Gasteiger partial charge in [0.05, 0.1) is 5.56 Å². The lowest BCUT2D eigenvalue weighted by Crippen LogP contribution is -2.11. The zero-order valence-electron chi connectivity index (χ0n) is 12.6. The average Bonchev–Trinajstić information content (AvgIpc) is 2.95. The molecule has 0 saturated heterocycles. The predicted molar refractivity (Wildman–Crippen MR) is 80.1 cm³/mol. The molecule has 0 atom stereocenters. The largest absolute Gasteiger partial charge is 0.508 e. The molecule has 110 valence electrons. The molecule has 0 spiro atoms. The van der Waals surface area contributed by atoms with Gasteiger partial charge < -0.3 is 19.5 Å². The lowest BCUT2D eigenvalue weighted by molar-refractivity contribution is 0.388. The molecule has 21 heavy (non-hydrogen) atoms. The van der Waals surface area contributed by atoms with Crippen molar-refractivity contribution >= 4 is 10.9 Å². The fourth-order valence-electron chi connectivity index (χ4n) is 2.62. The van der Waals surface area contributed by atoms with Crippen molar-refractivity contribution in [2.24, 2.45) is 0 Å². The van der Waals surface area contributed by atoms with Crippen molar-refractivity contribution in [1.29, 1.82) is 0 Å². The minimum Gasteiger partial charge on any atom is -0.508 e. The van der Waals surface area contributed by atoms with Crippen LogP contribution in [0.25, 0.3) is 22.4 Å². The molecule has 1 aromatic carbocycles. The Morgan fingerprint density at radius 1 is 1.29 bits per heavy atom. The molecule has 6 nitrogen and oxygen atoms in total. The third-order valence-corrected chi connectivity index (χ3v) is 3.45. The van der Waals surface area contributed by atoms with Crippen molar-refractivity contribution in [3.8, 4) is 17.2 Å². The lowest BCUT2D eigenvalue weighted by atomic mass is 10.0. The summed E-state index contributed by atoms with van der Waals surface area (Å²) < 4.78 is 5.32. The maximum atomic E-state index is 10.2. The van der Waals surface area contributed by atoms with E-state index in [4.69, 9.17) is 4.52 Å². The highest BCUT2D eigenvalue weighted by Crippen LogP contribution is 2.37. The fourth-order valence-corrected chi connectivity index (χ4v) is 2.62. The van der Waals surface area contributed by atoms with Crippen molar-refractivity contribution in [2.75, 3.05) is 14.1 Å². The van der Waals surface area contributed by atoms with Crippen LogP contribution in [0, 0.1) is 13.8 Å². The summed E-state index contributed by atoms with van der Waals surface area (Å²) >= 11 is 0. The molecule has 0 saturated carbocycles. The van der Waals surface area contributed by atoms with Crippen molar-refractivity contribution in [3.63, 3.8) is 0 Å². The number of aromatic amines is 1. The van der Waals surface area contributed by atoms with Crippen LogP contribution in [0.1, 0.15) is 17.1 Å². The van der Waals surface area contributed by atoms with E-state index in [2.05, 4.69) is 15.1 Å². The molecule has 2 aromatic heterocycles. The number of hydrogen-bond acceptors (Lipinski definition) is 5. The quantitative estimate of drug-likeness (QED) is 0.773. The van der Waals surface area contributed by atoms with Gasteiger partial charge in [-0.25, -0.2) is 0 Å². The molecular weight excluding hydrogens is 268 g/mol. The molecule has 6 heteroatoms. The first-order chi connectivity index (χ1) is 9.97. The first-order valence-electron chi connectivity index (χ1n) is 6.76. The van der Waals surface area contributed by atoms with Crippen molar-refractivity contribution in [2.45, 2.75) is 20.4 Å². The second-order valence-electron chi connectivity index (χ2n) is 5.50. The maximum Gasteiger partial charge on any atom is 0.260 e. The number of aromatic nitrogens is 3. The molecule has 0 fully saturated rings. The standard InChI is InChI=1S/C15H18N4O2/c1-8-13(15-17-9(2)18-21-15)14-10(7-19(3)4)12(20)6-5-11(14)16-8/h5-6,16,20H,7H2,1-4H3. The molecule has 2 heterocycles. The highest BCUT2D eigenvalue weighted by Gasteiger charge is 2.21. The summed E-state index contributed by atoms with van der Waals surface area (Å²) in [5.41, 5.74) is 3.61. The SMILES string of the molecule is Cc1noc(-c2c(C)[nH]c3ccc(O)c(CN(C)C)c23)n1. The number of phenolic OH excluding ortho intramolecular Hbond substituents is 1. The van der Waals surface area contributed by atoms with Gasteiger partial charge in [0.2, 0.25) is 0 Å². The van der Waals surface area contributed by atoms with Crippen LogP contribution >= 0.6 is 0 Å². The van der Waals surface area contributed by atoms with Gasteiger partial charge in [-0.05, 0) is 40.1 Å². The van der Waals surface area contributed by atoms with Crippen LogP contribution in [-0.2, 0) is 6.54 Å². The molecule has 0 bridgehead atoms. The Labute approximate surface area is 122 Å². The molecular formula is C15H18N4O2. The summed E-state index contributed by atoms with van der Waals surface area (Å²) in [5.74, 6) is 1.34. The van der Waals surface area contributed by atoms with E-state index in [1.807, 2.05) is 32.0 Å². The zero-order valence-corrected chi connectivity index (χ0v) is 12.6. The summed E-state index contributed by atoms with van der Waals surface area (Å²) in [6, 6.07) is 3.57. The Hall–Kier alpha value is -2.34. The number of rotatable bonds is 3. The predicted octanol–water partition coefficient (Wildman–Crippen LogP) is 2.60. The third-order valence-electron chi connectivity index (χ3n) is 3.45. The Balaban J connectivity index is 2.33. The monoisotopic (exact) mass is 286 g/mol. The number of hydrogen-bond donors (Lipinski definition) is 2. The smallest absolute Gasteiger partial charge is 0.260 e. The van der Waals surface area contributed by atoms with E-state index in [9.17, 15) is 5.11 Å². The van der Waals surface area contributed by atoms with Crippen molar-refractivity contribution < 1.29 is 9.63 Å². The average molecular weight is 286 g/mol. The molecule has 0 aliphatic rings. The zero-order chi connectivity index (χ0) is 15.1. The van der Waals surface area contributed by atoms with Crippen LogP contribution in [0.15, 0.2) is 16.7 Å². The lowest BCUT2D eigenvalue weighted by Gasteiger charge is -2.13. The van der Waals surface area contributed by atoms with Gasteiger partial charge in [0.25, 0.3) is 5.89 Å². The molecule has 0 aliphatic heterocycles. The first kappa shape index (κ1) is 13.6. The summed E-state index contributed by atoms with van der Waals surface area (Å²) in [7, 11) is 3.93. The summed E-state index contributed by atoms with van der Waals surface area (Å²) in [6.07, 6.45) is 0. The minimum absolute atomic E-state index is 0.271. The van der Waals surface area contributed by atoms with E-state index in [0.717, 1.165) is 27.7 Å². The van der Waals surface area contributed by atoms with Crippen LogP contribution < -0.4 is 0 Å². The van der Waals surface area contributed by atoms with Gasteiger partial charge in [0.1, 0.15) is 5.75 Å². The highest BCUT2D eigenvalue weighted by atomic mass is 16.5. The molecule has 0 aliphatic carbocycles. The first-order valence-corrected chi connectivity index (χ1v) is 6.76. The summed E-state index contributed by atoms with van der Waals surface area (Å²) in [5, 5.41) is 15.0. The Kier molecular flexibility index (Phi) is 3.17. The topological polar surface area (TPSA) is 78.2 Å². The molecule has 2 N–H and O–H groups in total. The highest BCUT2D eigenvalue weighted by molar-refractivity contribution is 5.99. The maximum absolute atomic E-state index is 10.2. The van der Waals surface area contributed by atoms with Gasteiger partial charge in [-0.3, -0.25) is 0 Å². The Morgan fingerprint density at radius 3 is 2.67 bits per heavy atom. The van der Waals surface area contributed by atoms with Gasteiger partial charge in [-0.1, -0.05) is 5.16 Å². The summed E-state index contributed by atoms with van der Waals surface area (Å²) in [6.45, 7) is 4.38. The van der Waals surface area contributed by atoms with Gasteiger partial charge in [-0.2, -0.15) is 4.98 Å². The van der Waals surface area contributed by atoms with Crippen LogP contribution in [0.3, 0.4) is 0 Å². The van der Waals surface area contributed by atoms with Gasteiger partial charge in [0, 0.05) is 28.7 Å². The number of nitrogens with zero attached hydrogens (tertiary/aromatic N) is 3. The number of fused-ring (bicyclic) bond motifs is 1. The molecule has 0 radical (unpaired) electrons. The third kappa shape index (κ3) is 2.27. The minimum atomic E-state index is 0.271. The van der Waals surface area contributed by atoms with Crippen LogP contribution in [-0.4, -0.2) is 39.2 Å². The van der Waals surface area contributed by atoms with Gasteiger partial charge in [0.15, 0.2) is 5.82 Å².